The summed E-state index contributed by atoms with van der Waals surface area (Å²) in [6.07, 6.45) is -3.40. The molecule has 0 atom stereocenters. The second kappa shape index (κ2) is 10.8. The molecule has 0 saturated carbocycles. The number of ether oxygens (including phenoxy) is 2. The molecular formula is C23H21F5N2O3S. The maximum absolute atomic E-state index is 13.8. The first-order valence-electron chi connectivity index (χ1n) is 10.3. The van der Waals surface area contributed by atoms with E-state index in [1.165, 1.54) is 17.5 Å². The number of anilines is 2. The normalized spacial score (nSPS) is 11.4. The van der Waals surface area contributed by atoms with E-state index in [1.54, 1.807) is 0 Å². The van der Waals surface area contributed by atoms with Crippen molar-refractivity contribution in [1.82, 2.24) is 4.98 Å². The van der Waals surface area contributed by atoms with Crippen molar-refractivity contribution in [1.29, 1.82) is 0 Å². The van der Waals surface area contributed by atoms with Crippen LogP contribution in [0.4, 0.5) is 37.6 Å². The topological polar surface area (TPSA) is 51.7 Å². The van der Waals surface area contributed by atoms with Gasteiger partial charge in [-0.1, -0.05) is 19.8 Å². The highest BCUT2D eigenvalue weighted by Crippen LogP contribution is 2.41. The summed E-state index contributed by atoms with van der Waals surface area (Å²) in [5.41, 5.74) is -0.753. The molecule has 0 saturated heterocycles. The van der Waals surface area contributed by atoms with Crippen molar-refractivity contribution in [3.8, 4) is 17.0 Å². The molecule has 5 nitrogen and oxygen atoms in total. The lowest BCUT2D eigenvalue weighted by Crippen LogP contribution is -2.26. The lowest BCUT2D eigenvalue weighted by Gasteiger charge is -2.21. The third-order valence-corrected chi connectivity index (χ3v) is 5.61. The molecule has 2 aromatic carbocycles. The third kappa shape index (κ3) is 5.82. The SMILES string of the molecule is CCCCCOc1ccc(N(C(=O)OC)c2nc(-c3ccc(F)c(F)c3)cs2)cc1C(F)(F)F. The van der Waals surface area contributed by atoms with Crippen molar-refractivity contribution in [3.63, 3.8) is 0 Å². The van der Waals surface area contributed by atoms with Crippen LogP contribution in [-0.4, -0.2) is 24.8 Å². The number of carbonyl (C=O) groups excluding carboxylic acids is 1. The molecular weight excluding hydrogens is 479 g/mol. The minimum atomic E-state index is -4.74. The molecule has 11 heteroatoms. The number of thiazole rings is 1. The standard InChI is InChI=1S/C23H21F5N2O3S/c1-3-4-5-10-33-20-9-7-15(12-16(20)23(26,27)28)30(22(31)32-2)21-29-19(13-34-21)14-6-8-17(24)18(25)11-14/h6-9,11-13H,3-5,10H2,1-2H3. The highest BCUT2D eigenvalue weighted by molar-refractivity contribution is 7.14. The fourth-order valence-corrected chi connectivity index (χ4v) is 3.92. The molecule has 1 aromatic heterocycles. The Bertz CT molecular complexity index is 1150. The van der Waals surface area contributed by atoms with Gasteiger partial charge < -0.3 is 9.47 Å². The summed E-state index contributed by atoms with van der Waals surface area (Å²) >= 11 is 0.923. The van der Waals surface area contributed by atoms with Crippen molar-refractivity contribution in [2.75, 3.05) is 18.6 Å². The first-order valence-corrected chi connectivity index (χ1v) is 11.2. The van der Waals surface area contributed by atoms with Crippen molar-refractivity contribution in [3.05, 3.63) is 59.0 Å². The number of amides is 1. The predicted octanol–water partition coefficient (Wildman–Crippen LogP) is 7.58. The molecule has 182 valence electrons. The fraction of sp³-hybridized carbons (Fsp3) is 0.304. The maximum Gasteiger partial charge on any atom is 0.420 e. The van der Waals surface area contributed by atoms with Gasteiger partial charge in [0, 0.05) is 10.9 Å². The van der Waals surface area contributed by atoms with Crippen LogP contribution in [0.25, 0.3) is 11.3 Å². The van der Waals surface area contributed by atoms with Gasteiger partial charge >= 0.3 is 12.3 Å². The number of hydrogen-bond donors (Lipinski definition) is 0. The second-order valence-electron chi connectivity index (χ2n) is 7.18. The average Bonchev–Trinajstić information content (AvgIpc) is 3.28. The minimum absolute atomic E-state index is 0.0173. The maximum atomic E-state index is 13.8. The van der Waals surface area contributed by atoms with E-state index < -0.39 is 29.5 Å². The number of alkyl halides is 3. The van der Waals surface area contributed by atoms with Crippen LogP contribution in [0.5, 0.6) is 5.75 Å². The minimum Gasteiger partial charge on any atom is -0.493 e. The van der Waals surface area contributed by atoms with Crippen molar-refractivity contribution in [2.45, 2.75) is 32.4 Å². The number of nitrogens with zero attached hydrogens (tertiary/aromatic N) is 2. The zero-order valence-corrected chi connectivity index (χ0v) is 19.1. The van der Waals surface area contributed by atoms with Crippen LogP contribution < -0.4 is 9.64 Å². The van der Waals surface area contributed by atoms with Crippen molar-refractivity contribution < 1.29 is 36.2 Å². The molecule has 0 radical (unpaired) electrons. The van der Waals surface area contributed by atoms with Gasteiger partial charge in [0.2, 0.25) is 0 Å². The van der Waals surface area contributed by atoms with E-state index in [-0.39, 0.29) is 34.4 Å². The monoisotopic (exact) mass is 500 g/mol. The molecule has 3 aromatic rings. The van der Waals surface area contributed by atoms with E-state index in [9.17, 15) is 26.7 Å². The number of rotatable bonds is 8. The number of hydrogen-bond acceptors (Lipinski definition) is 5. The van der Waals surface area contributed by atoms with E-state index in [1.807, 2.05) is 6.92 Å². The van der Waals surface area contributed by atoms with Gasteiger partial charge in [0.25, 0.3) is 0 Å². The van der Waals surface area contributed by atoms with Crippen LogP contribution in [0.3, 0.4) is 0 Å². The van der Waals surface area contributed by atoms with E-state index in [0.717, 1.165) is 60.5 Å². The van der Waals surface area contributed by atoms with Gasteiger partial charge in [-0.15, -0.1) is 11.3 Å². The summed E-state index contributed by atoms with van der Waals surface area (Å²) < 4.78 is 78.2. The first-order chi connectivity index (χ1) is 16.2. The molecule has 0 aliphatic rings. The Kier molecular flexibility index (Phi) is 8.08. The zero-order valence-electron chi connectivity index (χ0n) is 18.3. The molecule has 1 amide bonds. The molecule has 0 aliphatic heterocycles. The van der Waals surface area contributed by atoms with Gasteiger partial charge in [0.1, 0.15) is 5.75 Å². The average molecular weight is 500 g/mol. The van der Waals surface area contributed by atoms with Crippen molar-refractivity contribution in [2.24, 2.45) is 0 Å². The van der Waals surface area contributed by atoms with Gasteiger partial charge in [-0.2, -0.15) is 13.2 Å². The summed E-state index contributed by atoms with van der Waals surface area (Å²) in [6, 6.07) is 6.38. The Hall–Kier alpha value is -3.21. The Morgan fingerprint density at radius 3 is 2.50 bits per heavy atom. The summed E-state index contributed by atoms with van der Waals surface area (Å²) in [7, 11) is 1.08. The Balaban J connectivity index is 1.99. The third-order valence-electron chi connectivity index (χ3n) is 4.79. The van der Waals surface area contributed by atoms with Crippen LogP contribution in [0, 0.1) is 11.6 Å². The fourth-order valence-electron chi connectivity index (χ4n) is 3.08. The smallest absolute Gasteiger partial charge is 0.420 e. The summed E-state index contributed by atoms with van der Waals surface area (Å²) in [5, 5.41) is 1.45. The lowest BCUT2D eigenvalue weighted by atomic mass is 10.1. The first kappa shape index (κ1) is 25.4. The summed E-state index contributed by atoms with van der Waals surface area (Å²) in [4.78, 5) is 17.6. The molecule has 0 aliphatic carbocycles. The highest BCUT2D eigenvalue weighted by atomic mass is 32.1. The lowest BCUT2D eigenvalue weighted by molar-refractivity contribution is -0.138. The van der Waals surface area contributed by atoms with Crippen LogP contribution >= 0.6 is 11.3 Å². The second-order valence-corrected chi connectivity index (χ2v) is 8.02. The molecule has 0 N–H and O–H groups in total. The summed E-state index contributed by atoms with van der Waals surface area (Å²) in [5.74, 6) is -2.47. The van der Waals surface area contributed by atoms with E-state index in [2.05, 4.69) is 4.98 Å². The molecule has 0 fully saturated rings. The molecule has 0 spiro atoms. The number of halogens is 5. The van der Waals surface area contributed by atoms with E-state index in [0.29, 0.717) is 6.42 Å². The Labute approximate surface area is 196 Å². The molecule has 34 heavy (non-hydrogen) atoms. The summed E-state index contributed by atoms with van der Waals surface area (Å²) in [6.45, 7) is 2.09. The van der Waals surface area contributed by atoms with Crippen LogP contribution in [-0.2, 0) is 10.9 Å². The van der Waals surface area contributed by atoms with Gasteiger partial charge in [-0.3, -0.25) is 0 Å². The number of unbranched alkanes of at least 4 members (excludes halogenated alkanes) is 2. The van der Waals surface area contributed by atoms with Gasteiger partial charge in [0.05, 0.1) is 30.7 Å². The van der Waals surface area contributed by atoms with Gasteiger partial charge in [-0.25, -0.2) is 23.5 Å². The van der Waals surface area contributed by atoms with Crippen LogP contribution in [0.1, 0.15) is 31.7 Å². The van der Waals surface area contributed by atoms with Crippen molar-refractivity contribution >= 4 is 28.2 Å². The van der Waals surface area contributed by atoms with Gasteiger partial charge in [0.15, 0.2) is 16.8 Å². The predicted molar refractivity (Wildman–Crippen MR) is 118 cm³/mol. The largest absolute Gasteiger partial charge is 0.493 e. The molecule has 0 bridgehead atoms. The van der Waals surface area contributed by atoms with Crippen LogP contribution in [0.15, 0.2) is 41.8 Å². The number of aromatic nitrogens is 1. The number of methoxy groups -OCH3 is 1. The molecule has 0 unspecified atom stereocenters. The van der Waals surface area contributed by atoms with E-state index in [4.69, 9.17) is 9.47 Å². The van der Waals surface area contributed by atoms with E-state index >= 15 is 0 Å². The number of carbonyl (C=O) groups is 1. The van der Waals surface area contributed by atoms with Gasteiger partial charge in [-0.05, 0) is 42.8 Å². The zero-order chi connectivity index (χ0) is 24.9. The Morgan fingerprint density at radius 2 is 1.85 bits per heavy atom. The van der Waals surface area contributed by atoms with Crippen LogP contribution in [0.2, 0.25) is 0 Å². The molecule has 1 heterocycles. The number of benzene rings is 2. The highest BCUT2D eigenvalue weighted by Gasteiger charge is 2.36. The quantitative estimate of drug-likeness (QED) is 0.236. The molecule has 3 rings (SSSR count). The Morgan fingerprint density at radius 1 is 1.09 bits per heavy atom.